The minimum absolute atomic E-state index is 0.843. The number of anilines is 2. The molecule has 1 aromatic heterocycles. The Morgan fingerprint density at radius 2 is 1.89 bits per heavy atom. The van der Waals surface area contributed by atoms with Gasteiger partial charge in [-0.1, -0.05) is 25.5 Å². The van der Waals surface area contributed by atoms with E-state index in [2.05, 4.69) is 42.6 Å². The first-order valence-corrected chi connectivity index (χ1v) is 7.26. The van der Waals surface area contributed by atoms with Gasteiger partial charge in [-0.2, -0.15) is 0 Å². The molecule has 2 nitrogen and oxygen atoms in total. The van der Waals surface area contributed by atoms with Gasteiger partial charge >= 0.3 is 0 Å². The van der Waals surface area contributed by atoms with Crippen molar-refractivity contribution in [1.82, 2.24) is 0 Å². The average molecular weight is 260 g/mol. The van der Waals surface area contributed by atoms with Crippen LogP contribution in [0.25, 0.3) is 0 Å². The third-order valence-corrected chi connectivity index (χ3v) is 3.84. The molecule has 96 valence electrons. The quantitative estimate of drug-likeness (QED) is 0.813. The number of nitrogens with two attached hydrogens (primary N) is 1. The molecule has 0 aliphatic heterocycles. The Morgan fingerprint density at radius 1 is 1.11 bits per heavy atom. The molecule has 0 amide bonds. The Bertz CT molecular complexity index is 473. The Morgan fingerprint density at radius 3 is 2.50 bits per heavy atom. The van der Waals surface area contributed by atoms with Crippen molar-refractivity contribution in [3.63, 3.8) is 0 Å². The summed E-state index contributed by atoms with van der Waals surface area (Å²) in [4.78, 5) is 1.27. The van der Waals surface area contributed by atoms with Gasteiger partial charge in [0.1, 0.15) is 0 Å². The Labute approximate surface area is 113 Å². The van der Waals surface area contributed by atoms with E-state index in [4.69, 9.17) is 5.73 Å². The van der Waals surface area contributed by atoms with Gasteiger partial charge < -0.3 is 11.1 Å². The van der Waals surface area contributed by atoms with Crippen molar-refractivity contribution in [1.29, 1.82) is 0 Å². The molecule has 1 heterocycles. The molecule has 0 radical (unpaired) electrons. The monoisotopic (exact) mass is 260 g/mol. The van der Waals surface area contributed by atoms with Crippen molar-refractivity contribution < 1.29 is 0 Å². The first kappa shape index (κ1) is 13.0. The van der Waals surface area contributed by atoms with E-state index >= 15 is 0 Å². The van der Waals surface area contributed by atoms with Crippen LogP contribution in [0.5, 0.6) is 0 Å². The summed E-state index contributed by atoms with van der Waals surface area (Å²) in [7, 11) is 0. The second-order valence-corrected chi connectivity index (χ2v) is 5.66. The van der Waals surface area contributed by atoms with Gasteiger partial charge in [0, 0.05) is 17.1 Å². The molecule has 0 aliphatic rings. The number of nitrogen functional groups attached to an aromatic ring is 1. The number of unbranched alkanes of at least 4 members (excludes halogenated alkanes) is 1. The standard InChI is InChI=1S/C15H20N2S/c1-2-3-4-12-5-7-13(8-6-12)17-11-14-9-10-15(16)18-14/h5-10,17H,2-4,11,16H2,1H3. The molecule has 0 saturated carbocycles. The molecule has 0 spiro atoms. The number of aryl methyl sites for hydroxylation is 1. The minimum atomic E-state index is 0.843. The summed E-state index contributed by atoms with van der Waals surface area (Å²) in [5.74, 6) is 0. The predicted molar refractivity (Wildman–Crippen MR) is 81.1 cm³/mol. The van der Waals surface area contributed by atoms with E-state index in [9.17, 15) is 0 Å². The second kappa shape index (κ2) is 6.45. The number of thiophene rings is 1. The molecule has 3 heteroatoms. The van der Waals surface area contributed by atoms with Gasteiger partial charge in [0.25, 0.3) is 0 Å². The molecule has 0 saturated heterocycles. The van der Waals surface area contributed by atoms with Gasteiger partial charge in [0.05, 0.1) is 5.00 Å². The smallest absolute Gasteiger partial charge is 0.0859 e. The molecular weight excluding hydrogens is 240 g/mol. The number of hydrogen-bond acceptors (Lipinski definition) is 3. The Balaban J connectivity index is 1.86. The van der Waals surface area contributed by atoms with Crippen LogP contribution in [0.1, 0.15) is 30.2 Å². The van der Waals surface area contributed by atoms with E-state index in [0.29, 0.717) is 0 Å². The van der Waals surface area contributed by atoms with E-state index in [1.165, 1.54) is 35.4 Å². The molecule has 2 rings (SSSR count). The van der Waals surface area contributed by atoms with E-state index in [-0.39, 0.29) is 0 Å². The molecule has 0 bridgehead atoms. The highest BCUT2D eigenvalue weighted by molar-refractivity contribution is 7.15. The number of hydrogen-bond donors (Lipinski definition) is 2. The number of rotatable bonds is 6. The van der Waals surface area contributed by atoms with Gasteiger partial charge in [0.2, 0.25) is 0 Å². The highest BCUT2D eigenvalue weighted by Crippen LogP contribution is 2.20. The van der Waals surface area contributed by atoms with Gasteiger partial charge in [-0.15, -0.1) is 11.3 Å². The number of nitrogens with one attached hydrogen (secondary N) is 1. The normalized spacial score (nSPS) is 10.5. The fraction of sp³-hybridized carbons (Fsp3) is 0.333. The zero-order valence-electron chi connectivity index (χ0n) is 10.8. The first-order valence-electron chi connectivity index (χ1n) is 6.45. The lowest BCUT2D eigenvalue weighted by atomic mass is 10.1. The lowest BCUT2D eigenvalue weighted by Crippen LogP contribution is -1.97. The summed E-state index contributed by atoms with van der Waals surface area (Å²) in [5, 5.41) is 4.29. The van der Waals surface area contributed by atoms with Gasteiger partial charge in [0.15, 0.2) is 0 Å². The summed E-state index contributed by atoms with van der Waals surface area (Å²) >= 11 is 1.64. The number of benzene rings is 1. The summed E-state index contributed by atoms with van der Waals surface area (Å²) in [6, 6.07) is 12.8. The second-order valence-electron chi connectivity index (χ2n) is 4.46. The molecule has 0 fully saturated rings. The fourth-order valence-electron chi connectivity index (χ4n) is 1.85. The molecule has 0 aliphatic carbocycles. The van der Waals surface area contributed by atoms with Crippen LogP contribution in [0.4, 0.5) is 10.7 Å². The van der Waals surface area contributed by atoms with Crippen LogP contribution in [-0.4, -0.2) is 0 Å². The van der Waals surface area contributed by atoms with Crippen molar-refractivity contribution in [2.75, 3.05) is 11.1 Å². The fourth-order valence-corrected chi connectivity index (χ4v) is 2.57. The lowest BCUT2D eigenvalue weighted by Gasteiger charge is -2.06. The SMILES string of the molecule is CCCCc1ccc(NCc2ccc(N)s2)cc1. The van der Waals surface area contributed by atoms with Crippen LogP contribution in [-0.2, 0) is 13.0 Å². The first-order chi connectivity index (χ1) is 8.78. The molecule has 0 unspecified atom stereocenters. The van der Waals surface area contributed by atoms with E-state index in [1.54, 1.807) is 11.3 Å². The minimum Gasteiger partial charge on any atom is -0.391 e. The summed E-state index contributed by atoms with van der Waals surface area (Å²) in [5.41, 5.74) is 8.29. The Kier molecular flexibility index (Phi) is 4.65. The third-order valence-electron chi connectivity index (χ3n) is 2.92. The van der Waals surface area contributed by atoms with Crippen molar-refractivity contribution in [3.05, 3.63) is 46.8 Å². The van der Waals surface area contributed by atoms with E-state index in [0.717, 1.165) is 11.5 Å². The Hall–Kier alpha value is -1.48. The van der Waals surface area contributed by atoms with Crippen LogP contribution in [0.3, 0.4) is 0 Å². The summed E-state index contributed by atoms with van der Waals surface area (Å²) in [6.45, 7) is 3.07. The maximum atomic E-state index is 5.70. The molecule has 18 heavy (non-hydrogen) atoms. The maximum Gasteiger partial charge on any atom is 0.0859 e. The van der Waals surface area contributed by atoms with Crippen molar-refractivity contribution >= 4 is 22.0 Å². The van der Waals surface area contributed by atoms with Crippen LogP contribution in [0.2, 0.25) is 0 Å². The molecule has 0 atom stereocenters. The highest BCUT2D eigenvalue weighted by Gasteiger charge is 1.98. The largest absolute Gasteiger partial charge is 0.391 e. The maximum absolute atomic E-state index is 5.70. The molecule has 3 N–H and O–H groups in total. The van der Waals surface area contributed by atoms with E-state index < -0.39 is 0 Å². The average Bonchev–Trinajstić information content (AvgIpc) is 2.81. The van der Waals surface area contributed by atoms with Gasteiger partial charge in [-0.3, -0.25) is 0 Å². The van der Waals surface area contributed by atoms with Crippen LogP contribution < -0.4 is 11.1 Å². The van der Waals surface area contributed by atoms with Crippen LogP contribution >= 0.6 is 11.3 Å². The third kappa shape index (κ3) is 3.77. The van der Waals surface area contributed by atoms with Crippen molar-refractivity contribution in [3.8, 4) is 0 Å². The van der Waals surface area contributed by atoms with E-state index in [1.807, 2.05) is 6.07 Å². The van der Waals surface area contributed by atoms with Crippen molar-refractivity contribution in [2.24, 2.45) is 0 Å². The summed E-state index contributed by atoms with van der Waals surface area (Å²) < 4.78 is 0. The summed E-state index contributed by atoms with van der Waals surface area (Å²) in [6.07, 6.45) is 3.69. The topological polar surface area (TPSA) is 38.0 Å². The van der Waals surface area contributed by atoms with Gasteiger partial charge in [-0.25, -0.2) is 0 Å². The van der Waals surface area contributed by atoms with Crippen LogP contribution in [0, 0.1) is 0 Å². The van der Waals surface area contributed by atoms with Crippen LogP contribution in [0.15, 0.2) is 36.4 Å². The lowest BCUT2D eigenvalue weighted by molar-refractivity contribution is 0.795. The van der Waals surface area contributed by atoms with Gasteiger partial charge in [-0.05, 0) is 42.7 Å². The molecular formula is C15H20N2S. The molecule has 2 aromatic rings. The highest BCUT2D eigenvalue weighted by atomic mass is 32.1. The predicted octanol–water partition coefficient (Wildman–Crippen LogP) is 4.29. The zero-order chi connectivity index (χ0) is 12.8. The zero-order valence-corrected chi connectivity index (χ0v) is 11.6. The molecule has 1 aromatic carbocycles. The van der Waals surface area contributed by atoms with Crippen molar-refractivity contribution in [2.45, 2.75) is 32.7 Å².